The molecule has 1 N–H and O–H groups in total. The maximum Gasteiger partial charge on any atom is 0.416 e. The Morgan fingerprint density at radius 2 is 1.59 bits per heavy atom. The lowest BCUT2D eigenvalue weighted by molar-refractivity contribution is -0.143. The van der Waals surface area contributed by atoms with E-state index in [9.17, 15) is 28.0 Å². The number of ether oxygens (including phenoxy) is 1. The summed E-state index contributed by atoms with van der Waals surface area (Å²) in [7, 11) is 0. The van der Waals surface area contributed by atoms with Crippen molar-refractivity contribution in [2.45, 2.75) is 12.8 Å². The monoisotopic (exact) mass is 438 g/mol. The number of hydrogen-bond acceptors (Lipinski definition) is 4. The van der Waals surface area contributed by atoms with Gasteiger partial charge in [0.2, 0.25) is 0 Å². The highest BCUT2D eigenvalue weighted by atomic mass is 19.4. The van der Waals surface area contributed by atoms with E-state index in [1.54, 1.807) is 24.3 Å². The Bertz CT molecular complexity index is 1150. The minimum atomic E-state index is -4.49. The number of carbonyl (C=O) groups is 2. The molecule has 0 saturated heterocycles. The van der Waals surface area contributed by atoms with Crippen molar-refractivity contribution in [3.8, 4) is 17.2 Å². The topological polar surface area (TPSA) is 79.2 Å². The van der Waals surface area contributed by atoms with Gasteiger partial charge in [0.25, 0.3) is 5.91 Å². The molecule has 162 valence electrons. The Balaban J connectivity index is 1.50. The molecule has 0 fully saturated rings. The summed E-state index contributed by atoms with van der Waals surface area (Å²) in [5.41, 5.74) is 2.04. The number of nitrogens with one attached hydrogen (secondary N) is 1. The summed E-state index contributed by atoms with van der Waals surface area (Å²) in [5, 5.41) is 11.5. The van der Waals surface area contributed by atoms with Crippen molar-refractivity contribution in [2.24, 2.45) is 0 Å². The molecule has 0 radical (unpaired) electrons. The normalized spacial score (nSPS) is 10.8. The predicted octanol–water partition coefficient (Wildman–Crippen LogP) is 4.72. The van der Waals surface area contributed by atoms with E-state index in [1.807, 2.05) is 24.3 Å². The Hall–Kier alpha value is -4.12. The van der Waals surface area contributed by atoms with Gasteiger partial charge in [0.15, 0.2) is 0 Å². The number of esters is 1. The first-order valence-corrected chi connectivity index (χ1v) is 9.47. The Morgan fingerprint density at radius 1 is 0.938 bits per heavy atom. The molecule has 0 aromatic heterocycles. The van der Waals surface area contributed by atoms with Crippen LogP contribution in [-0.2, 0) is 22.3 Å². The number of nitriles is 1. The van der Waals surface area contributed by atoms with E-state index < -0.39 is 30.2 Å². The molecule has 0 unspecified atom stereocenters. The minimum absolute atomic E-state index is 0.000890. The lowest BCUT2D eigenvalue weighted by Crippen LogP contribution is -2.30. The van der Waals surface area contributed by atoms with Crippen molar-refractivity contribution in [1.29, 1.82) is 5.26 Å². The lowest BCUT2D eigenvalue weighted by Gasteiger charge is -2.09. The maximum absolute atomic E-state index is 12.6. The molecule has 0 saturated carbocycles. The number of nitrogens with zero attached hydrogens (tertiary/aromatic N) is 1. The number of rotatable bonds is 6. The molecule has 8 heteroatoms. The summed E-state index contributed by atoms with van der Waals surface area (Å²) in [5.74, 6) is -1.37. The summed E-state index contributed by atoms with van der Waals surface area (Å²) < 4.78 is 42.8. The molecule has 0 atom stereocenters. The second-order valence-electron chi connectivity index (χ2n) is 6.77. The van der Waals surface area contributed by atoms with Crippen molar-refractivity contribution in [2.75, 3.05) is 6.54 Å². The molecule has 0 spiro atoms. The van der Waals surface area contributed by atoms with Crippen molar-refractivity contribution in [3.63, 3.8) is 0 Å². The SMILES string of the molecule is N#Cc1ccccc1-c1ccc(COC(=O)CNC(=O)c2ccc(C(F)(F)F)cc2)cc1. The van der Waals surface area contributed by atoms with E-state index >= 15 is 0 Å². The Kier molecular flexibility index (Phi) is 6.90. The van der Waals surface area contributed by atoms with Gasteiger partial charge < -0.3 is 10.1 Å². The molecule has 0 aliphatic rings. The van der Waals surface area contributed by atoms with Gasteiger partial charge in [-0.2, -0.15) is 18.4 Å². The molecule has 0 heterocycles. The molecular formula is C24H17F3N2O3. The van der Waals surface area contributed by atoms with Crippen molar-refractivity contribution < 1.29 is 27.5 Å². The molecule has 1 amide bonds. The van der Waals surface area contributed by atoms with Crippen LogP contribution in [0.15, 0.2) is 72.8 Å². The van der Waals surface area contributed by atoms with E-state index in [2.05, 4.69) is 11.4 Å². The fourth-order valence-corrected chi connectivity index (χ4v) is 2.89. The first-order chi connectivity index (χ1) is 15.3. The van der Waals surface area contributed by atoms with Crippen LogP contribution in [-0.4, -0.2) is 18.4 Å². The van der Waals surface area contributed by atoms with Crippen LogP contribution >= 0.6 is 0 Å². The zero-order valence-corrected chi connectivity index (χ0v) is 16.6. The third-order valence-corrected chi connectivity index (χ3v) is 4.58. The van der Waals surface area contributed by atoms with Gasteiger partial charge in [-0.15, -0.1) is 0 Å². The van der Waals surface area contributed by atoms with E-state index in [1.165, 1.54) is 0 Å². The van der Waals surface area contributed by atoms with Crippen molar-refractivity contribution in [1.82, 2.24) is 5.32 Å². The number of benzene rings is 3. The van der Waals surface area contributed by atoms with Crippen LogP contribution in [0, 0.1) is 11.3 Å². The number of halogens is 3. The molecular weight excluding hydrogens is 421 g/mol. The Morgan fingerprint density at radius 3 is 2.22 bits per heavy atom. The van der Waals surface area contributed by atoms with Gasteiger partial charge in [0.05, 0.1) is 17.2 Å². The van der Waals surface area contributed by atoms with Crippen LogP contribution in [0.4, 0.5) is 13.2 Å². The van der Waals surface area contributed by atoms with Gasteiger partial charge in [0, 0.05) is 5.56 Å². The van der Waals surface area contributed by atoms with Crippen molar-refractivity contribution in [3.05, 3.63) is 95.1 Å². The van der Waals surface area contributed by atoms with Gasteiger partial charge in [-0.3, -0.25) is 9.59 Å². The van der Waals surface area contributed by atoms with Crippen LogP contribution in [0.3, 0.4) is 0 Å². The van der Waals surface area contributed by atoms with Gasteiger partial charge in [-0.1, -0.05) is 42.5 Å². The fourth-order valence-electron chi connectivity index (χ4n) is 2.89. The molecule has 0 aliphatic carbocycles. The lowest BCUT2D eigenvalue weighted by atomic mass is 9.99. The number of alkyl halides is 3. The van der Waals surface area contributed by atoms with Crippen LogP contribution in [0.5, 0.6) is 0 Å². The fraction of sp³-hybridized carbons (Fsp3) is 0.125. The number of hydrogen-bond donors (Lipinski definition) is 1. The highest BCUT2D eigenvalue weighted by Crippen LogP contribution is 2.29. The summed E-state index contributed by atoms with van der Waals surface area (Å²) in [6, 6.07) is 20.1. The first-order valence-electron chi connectivity index (χ1n) is 9.47. The van der Waals surface area contributed by atoms with Crippen molar-refractivity contribution >= 4 is 11.9 Å². The summed E-state index contributed by atoms with van der Waals surface area (Å²) in [6.45, 7) is -0.442. The van der Waals surface area contributed by atoms with Crippen LogP contribution in [0.2, 0.25) is 0 Å². The Labute approximate surface area is 182 Å². The van der Waals surface area contributed by atoms with Gasteiger partial charge >= 0.3 is 12.1 Å². The maximum atomic E-state index is 12.6. The summed E-state index contributed by atoms with van der Waals surface area (Å²) in [6.07, 6.45) is -4.49. The smallest absolute Gasteiger partial charge is 0.416 e. The molecule has 3 aromatic carbocycles. The van der Waals surface area contributed by atoms with Crippen LogP contribution < -0.4 is 5.32 Å². The quantitative estimate of drug-likeness (QED) is 0.565. The zero-order valence-electron chi connectivity index (χ0n) is 16.6. The molecule has 3 aromatic rings. The standard InChI is InChI=1S/C24H17F3N2O3/c25-24(26,27)20-11-9-18(10-12-20)23(31)29-14-22(30)32-15-16-5-7-17(8-6-16)21-4-2-1-3-19(21)13-28/h1-12H,14-15H2,(H,29,31). The van der Waals surface area contributed by atoms with Gasteiger partial charge in [-0.05, 0) is 47.0 Å². The summed E-state index contributed by atoms with van der Waals surface area (Å²) in [4.78, 5) is 23.9. The van der Waals surface area contributed by atoms with Crippen LogP contribution in [0.1, 0.15) is 27.0 Å². The van der Waals surface area contributed by atoms with E-state index in [0.717, 1.165) is 35.4 Å². The third kappa shape index (κ3) is 5.73. The van der Waals surface area contributed by atoms with E-state index in [0.29, 0.717) is 11.1 Å². The van der Waals surface area contributed by atoms with Crippen LogP contribution in [0.25, 0.3) is 11.1 Å². The van der Waals surface area contributed by atoms with Gasteiger partial charge in [0.1, 0.15) is 13.2 Å². The number of amides is 1. The predicted molar refractivity (Wildman–Crippen MR) is 110 cm³/mol. The zero-order chi connectivity index (χ0) is 23.1. The second-order valence-corrected chi connectivity index (χ2v) is 6.77. The highest BCUT2D eigenvalue weighted by Gasteiger charge is 2.30. The summed E-state index contributed by atoms with van der Waals surface area (Å²) >= 11 is 0. The van der Waals surface area contributed by atoms with E-state index in [4.69, 9.17) is 4.74 Å². The number of carbonyl (C=O) groups excluding carboxylic acids is 2. The first kappa shape index (κ1) is 22.6. The average Bonchev–Trinajstić information content (AvgIpc) is 2.81. The molecule has 5 nitrogen and oxygen atoms in total. The minimum Gasteiger partial charge on any atom is -0.460 e. The highest BCUT2D eigenvalue weighted by molar-refractivity contribution is 5.95. The van der Waals surface area contributed by atoms with Gasteiger partial charge in [-0.25, -0.2) is 0 Å². The largest absolute Gasteiger partial charge is 0.460 e. The second kappa shape index (κ2) is 9.79. The molecule has 3 rings (SSSR count). The molecule has 0 aliphatic heterocycles. The van der Waals surface area contributed by atoms with E-state index in [-0.39, 0.29) is 12.2 Å². The third-order valence-electron chi connectivity index (χ3n) is 4.58. The molecule has 0 bridgehead atoms. The average molecular weight is 438 g/mol. The molecule has 32 heavy (non-hydrogen) atoms.